The summed E-state index contributed by atoms with van der Waals surface area (Å²) in [4.78, 5) is 3.48. The van der Waals surface area contributed by atoms with Gasteiger partial charge in [0.25, 0.3) is 0 Å². The molecule has 0 N–H and O–H groups in total. The van der Waals surface area contributed by atoms with E-state index in [2.05, 4.69) is 11.1 Å². The molecule has 0 aromatic heterocycles. The van der Waals surface area contributed by atoms with Gasteiger partial charge in [-0.2, -0.15) is 5.26 Å². The first-order chi connectivity index (χ1) is 8.88. The summed E-state index contributed by atoms with van der Waals surface area (Å²) in [6.45, 7) is 0. The third-order valence-electron chi connectivity index (χ3n) is 1.98. The van der Waals surface area contributed by atoms with Gasteiger partial charge >= 0.3 is 6.08 Å². The fourth-order valence-electron chi connectivity index (χ4n) is 1.24. The van der Waals surface area contributed by atoms with E-state index in [9.17, 15) is 0 Å². The minimum Gasteiger partial charge on any atom is -0.410 e. The molecule has 1 aromatic carbocycles. The van der Waals surface area contributed by atoms with Gasteiger partial charge in [0.2, 0.25) is 12.0 Å². The highest BCUT2D eigenvalue weighted by molar-refractivity contribution is 5.72. The van der Waals surface area contributed by atoms with Crippen molar-refractivity contribution in [1.29, 1.82) is 5.26 Å². The average molecular weight is 237 g/mol. The fourth-order valence-corrected chi connectivity index (χ4v) is 1.24. The highest BCUT2D eigenvalue weighted by Gasteiger charge is 2.11. The highest BCUT2D eigenvalue weighted by Crippen LogP contribution is 2.12. The van der Waals surface area contributed by atoms with Crippen LogP contribution < -0.4 is 4.74 Å². The Kier molecular flexibility index (Phi) is 3.86. The molecule has 0 saturated heterocycles. The van der Waals surface area contributed by atoms with E-state index in [1.807, 2.05) is 18.2 Å². The molecule has 4 heteroatoms. The Morgan fingerprint density at radius 3 is 2.72 bits per heavy atom. The predicted molar refractivity (Wildman–Crippen MR) is 66.2 cm³/mol. The van der Waals surface area contributed by atoms with E-state index in [0.29, 0.717) is 11.5 Å². The number of ether oxygens (including phenoxy) is 2. The van der Waals surface area contributed by atoms with Gasteiger partial charge in [-0.05, 0) is 12.1 Å². The predicted octanol–water partition coefficient (Wildman–Crippen LogP) is 2.73. The Morgan fingerprint density at radius 2 is 2.06 bits per heavy atom. The fraction of sp³-hybridized carbons (Fsp3) is 0. The van der Waals surface area contributed by atoms with Crippen LogP contribution in [0.3, 0.4) is 0 Å². The second-order valence-corrected chi connectivity index (χ2v) is 3.23. The lowest BCUT2D eigenvalue weighted by Gasteiger charge is -2.06. The van der Waals surface area contributed by atoms with Crippen molar-refractivity contribution in [3.63, 3.8) is 0 Å². The molecule has 0 atom stereocenters. The molecule has 0 fully saturated rings. The van der Waals surface area contributed by atoms with Gasteiger partial charge in [-0.25, -0.2) is 0 Å². The summed E-state index contributed by atoms with van der Waals surface area (Å²) in [6.07, 6.45) is 11.2. The smallest absolute Gasteiger partial charge is 0.410 e. The van der Waals surface area contributed by atoms with E-state index in [4.69, 9.17) is 14.7 Å². The van der Waals surface area contributed by atoms with Crippen LogP contribution in [-0.4, -0.2) is 6.08 Å². The summed E-state index contributed by atoms with van der Waals surface area (Å²) < 4.78 is 10.7. The van der Waals surface area contributed by atoms with Crippen LogP contribution in [-0.2, 0) is 4.74 Å². The Bertz CT molecular complexity index is 563. The van der Waals surface area contributed by atoms with Crippen molar-refractivity contribution in [2.24, 2.45) is 4.99 Å². The van der Waals surface area contributed by atoms with E-state index >= 15 is 0 Å². The molecule has 0 amide bonds. The maximum atomic E-state index is 8.59. The number of nitrogens with zero attached hydrogens (tertiary/aromatic N) is 2. The molecule has 18 heavy (non-hydrogen) atoms. The number of aliphatic imine (C=N–C) groups is 1. The van der Waals surface area contributed by atoms with Gasteiger partial charge in [-0.15, -0.1) is 0 Å². The van der Waals surface area contributed by atoms with Crippen molar-refractivity contribution in [3.05, 3.63) is 66.5 Å². The first-order valence-electron chi connectivity index (χ1n) is 5.22. The zero-order valence-corrected chi connectivity index (χ0v) is 9.41. The molecule has 0 unspecified atom stereocenters. The zero-order chi connectivity index (χ0) is 12.6. The van der Waals surface area contributed by atoms with Crippen molar-refractivity contribution < 1.29 is 9.47 Å². The molecule has 0 saturated carbocycles. The van der Waals surface area contributed by atoms with Crippen LogP contribution in [0.4, 0.5) is 0 Å². The minimum absolute atomic E-state index is 0.116. The number of nitriles is 1. The van der Waals surface area contributed by atoms with Gasteiger partial charge in [-0.1, -0.05) is 23.2 Å². The lowest BCUT2D eigenvalue weighted by atomic mass is 10.3. The Labute approximate surface area is 105 Å². The average Bonchev–Trinajstić information content (AvgIpc) is 2.41. The zero-order valence-electron chi connectivity index (χ0n) is 9.41. The van der Waals surface area contributed by atoms with Crippen molar-refractivity contribution in [2.75, 3.05) is 0 Å². The third-order valence-corrected chi connectivity index (χ3v) is 1.98. The molecule has 86 valence electrons. The quantitative estimate of drug-likeness (QED) is 0.344. The van der Waals surface area contributed by atoms with E-state index in [1.165, 1.54) is 0 Å². The van der Waals surface area contributed by atoms with E-state index in [1.54, 1.807) is 42.6 Å². The Morgan fingerprint density at radius 1 is 1.22 bits per heavy atom. The molecule has 0 bridgehead atoms. The van der Waals surface area contributed by atoms with Gasteiger partial charge in [0.1, 0.15) is 17.9 Å². The van der Waals surface area contributed by atoms with Crippen LogP contribution in [0.15, 0.2) is 65.4 Å². The standard InChI is InChI=1S/C14H9N2O2/c15-11-16-14(17-12-7-3-1-4-8-12)18-13-9-5-2-6-10-13/h1,3-10H/q+1. The maximum Gasteiger partial charge on any atom is 0.412 e. The summed E-state index contributed by atoms with van der Waals surface area (Å²) in [5, 5.41) is 8.59. The van der Waals surface area contributed by atoms with Crippen molar-refractivity contribution in [3.8, 4) is 11.9 Å². The first-order valence-corrected chi connectivity index (χ1v) is 5.22. The van der Waals surface area contributed by atoms with E-state index < -0.39 is 0 Å². The largest absolute Gasteiger partial charge is 0.412 e. The monoisotopic (exact) mass is 237 g/mol. The molecule has 1 aliphatic rings. The van der Waals surface area contributed by atoms with Crippen molar-refractivity contribution >= 4 is 6.08 Å². The van der Waals surface area contributed by atoms with Gasteiger partial charge in [0, 0.05) is 6.08 Å². The first kappa shape index (κ1) is 11.6. The van der Waals surface area contributed by atoms with Gasteiger partial charge in [-0.3, -0.25) is 0 Å². The summed E-state index contributed by atoms with van der Waals surface area (Å²) in [5.41, 5.74) is 0. The van der Waals surface area contributed by atoms with Gasteiger partial charge in [0.05, 0.1) is 12.2 Å². The summed E-state index contributed by atoms with van der Waals surface area (Å²) in [5.74, 6) is 1.08. The number of hydrogen-bond donors (Lipinski definition) is 0. The third kappa shape index (κ3) is 3.31. The molecule has 1 aromatic rings. The maximum absolute atomic E-state index is 8.59. The number of rotatable bonds is 2. The second-order valence-electron chi connectivity index (χ2n) is 3.23. The normalized spacial score (nSPS) is 13.3. The second kappa shape index (κ2) is 6.00. The molecule has 2 rings (SSSR count). The molecule has 0 radical (unpaired) electrons. The van der Waals surface area contributed by atoms with Crippen LogP contribution in [0.1, 0.15) is 0 Å². The molecule has 0 aliphatic heterocycles. The molecular weight excluding hydrogens is 228 g/mol. The summed E-state index contributed by atoms with van der Waals surface area (Å²) in [7, 11) is 0. The van der Waals surface area contributed by atoms with Crippen molar-refractivity contribution in [1.82, 2.24) is 0 Å². The number of allylic oxidation sites excluding steroid dienone is 5. The van der Waals surface area contributed by atoms with Crippen molar-refractivity contribution in [2.45, 2.75) is 0 Å². The topological polar surface area (TPSA) is 54.6 Å². The molecule has 0 heterocycles. The lowest BCUT2D eigenvalue weighted by molar-refractivity contribution is 0.320. The minimum atomic E-state index is -0.116. The highest BCUT2D eigenvalue weighted by atomic mass is 16.7. The van der Waals surface area contributed by atoms with E-state index in [-0.39, 0.29) is 6.08 Å². The lowest BCUT2D eigenvalue weighted by Crippen LogP contribution is -2.12. The van der Waals surface area contributed by atoms with Crippen LogP contribution >= 0.6 is 0 Å². The molecule has 4 nitrogen and oxygen atoms in total. The Balaban J connectivity index is 2.08. The SMILES string of the molecule is N#CN=C(OC1=CC=[C+]C=C1)Oc1ccccc1. The van der Waals surface area contributed by atoms with E-state index in [0.717, 1.165) is 0 Å². The van der Waals surface area contributed by atoms with Crippen LogP contribution in [0.5, 0.6) is 5.75 Å². The van der Waals surface area contributed by atoms with Gasteiger partial charge < -0.3 is 9.47 Å². The number of hydrogen-bond acceptors (Lipinski definition) is 4. The number of benzene rings is 1. The number of para-hydroxylation sites is 1. The van der Waals surface area contributed by atoms with Crippen LogP contribution in [0, 0.1) is 17.5 Å². The van der Waals surface area contributed by atoms with Gasteiger partial charge in [0.15, 0.2) is 0 Å². The molecular formula is C14H9N2O2+. The van der Waals surface area contributed by atoms with Crippen LogP contribution in [0.25, 0.3) is 0 Å². The molecule has 0 spiro atoms. The summed E-state index contributed by atoms with van der Waals surface area (Å²) in [6, 6.07) is 8.99. The molecule has 1 aliphatic carbocycles. The van der Waals surface area contributed by atoms with Crippen LogP contribution in [0.2, 0.25) is 0 Å². The summed E-state index contributed by atoms with van der Waals surface area (Å²) >= 11 is 0. The Hall–Kier alpha value is -2.89.